The SMILES string of the molecule is N#Cc1[nH]ncc1-c1nc(-c2ccccc2F)no1. The van der Waals surface area contributed by atoms with Crippen LogP contribution in [0.4, 0.5) is 4.39 Å². The van der Waals surface area contributed by atoms with Gasteiger partial charge in [0.15, 0.2) is 0 Å². The van der Waals surface area contributed by atoms with Crippen LogP contribution in [-0.4, -0.2) is 20.3 Å². The summed E-state index contributed by atoms with van der Waals surface area (Å²) >= 11 is 0. The van der Waals surface area contributed by atoms with E-state index in [2.05, 4.69) is 20.3 Å². The van der Waals surface area contributed by atoms with E-state index in [0.29, 0.717) is 5.56 Å². The summed E-state index contributed by atoms with van der Waals surface area (Å²) in [5, 5.41) is 18.8. The molecular weight excluding hydrogens is 249 g/mol. The molecule has 0 radical (unpaired) electrons. The molecule has 6 nitrogen and oxygen atoms in total. The monoisotopic (exact) mass is 255 g/mol. The molecule has 92 valence electrons. The number of benzene rings is 1. The van der Waals surface area contributed by atoms with Gasteiger partial charge >= 0.3 is 0 Å². The van der Waals surface area contributed by atoms with Gasteiger partial charge in [0.25, 0.3) is 5.89 Å². The van der Waals surface area contributed by atoms with Crippen LogP contribution in [-0.2, 0) is 0 Å². The average Bonchev–Trinajstić information content (AvgIpc) is 3.07. The Hall–Kier alpha value is -3.01. The Morgan fingerprint density at radius 3 is 2.89 bits per heavy atom. The summed E-state index contributed by atoms with van der Waals surface area (Å²) in [4.78, 5) is 4.06. The van der Waals surface area contributed by atoms with Crippen molar-refractivity contribution in [2.75, 3.05) is 0 Å². The van der Waals surface area contributed by atoms with Gasteiger partial charge in [0, 0.05) is 0 Å². The summed E-state index contributed by atoms with van der Waals surface area (Å²) in [6, 6.07) is 8.02. The van der Waals surface area contributed by atoms with E-state index in [4.69, 9.17) is 9.78 Å². The van der Waals surface area contributed by atoms with Crippen LogP contribution in [0.5, 0.6) is 0 Å². The van der Waals surface area contributed by atoms with Gasteiger partial charge < -0.3 is 4.52 Å². The number of nitrogens with one attached hydrogen (secondary N) is 1. The van der Waals surface area contributed by atoms with Gasteiger partial charge in [0.05, 0.1) is 17.3 Å². The van der Waals surface area contributed by atoms with Crippen LogP contribution in [0.15, 0.2) is 35.0 Å². The molecule has 0 fully saturated rings. The Labute approximate surface area is 106 Å². The minimum absolute atomic E-state index is 0.114. The molecule has 0 aliphatic rings. The zero-order chi connectivity index (χ0) is 13.2. The number of nitriles is 1. The van der Waals surface area contributed by atoms with Crippen molar-refractivity contribution in [2.45, 2.75) is 0 Å². The smallest absolute Gasteiger partial charge is 0.262 e. The van der Waals surface area contributed by atoms with E-state index in [0.717, 1.165) is 0 Å². The number of nitrogens with zero attached hydrogens (tertiary/aromatic N) is 4. The van der Waals surface area contributed by atoms with Gasteiger partial charge in [-0.25, -0.2) is 4.39 Å². The second kappa shape index (κ2) is 4.34. The fraction of sp³-hybridized carbons (Fsp3) is 0. The first-order chi connectivity index (χ1) is 9.29. The first-order valence-corrected chi connectivity index (χ1v) is 5.32. The Morgan fingerprint density at radius 1 is 1.26 bits per heavy atom. The van der Waals surface area contributed by atoms with Crippen LogP contribution >= 0.6 is 0 Å². The lowest BCUT2D eigenvalue weighted by atomic mass is 10.2. The third-order valence-corrected chi connectivity index (χ3v) is 2.52. The molecule has 0 bridgehead atoms. The molecule has 0 unspecified atom stereocenters. The van der Waals surface area contributed by atoms with E-state index in [1.165, 1.54) is 12.3 Å². The summed E-state index contributed by atoms with van der Waals surface area (Å²) in [6.07, 6.45) is 1.40. The van der Waals surface area contributed by atoms with Gasteiger partial charge in [0.1, 0.15) is 17.6 Å². The molecule has 1 aromatic carbocycles. The number of hydrogen-bond acceptors (Lipinski definition) is 5. The topological polar surface area (TPSA) is 91.4 Å². The molecule has 0 atom stereocenters. The van der Waals surface area contributed by atoms with Crippen molar-refractivity contribution in [3.8, 4) is 28.9 Å². The molecule has 0 saturated carbocycles. The second-order valence-electron chi connectivity index (χ2n) is 3.67. The second-order valence-corrected chi connectivity index (χ2v) is 3.67. The molecule has 1 N–H and O–H groups in total. The number of H-pyrrole nitrogens is 1. The zero-order valence-electron chi connectivity index (χ0n) is 9.46. The molecule has 2 aromatic heterocycles. The van der Waals surface area contributed by atoms with Crippen LogP contribution in [0.25, 0.3) is 22.8 Å². The van der Waals surface area contributed by atoms with Gasteiger partial charge in [0.2, 0.25) is 5.82 Å². The first kappa shape index (κ1) is 11.1. The van der Waals surface area contributed by atoms with Crippen molar-refractivity contribution < 1.29 is 8.91 Å². The fourth-order valence-electron chi connectivity index (χ4n) is 1.62. The van der Waals surface area contributed by atoms with Crippen LogP contribution in [0, 0.1) is 17.1 Å². The highest BCUT2D eigenvalue weighted by Crippen LogP contribution is 2.24. The average molecular weight is 255 g/mol. The van der Waals surface area contributed by atoms with Crippen molar-refractivity contribution in [3.05, 3.63) is 42.0 Å². The lowest BCUT2D eigenvalue weighted by molar-refractivity contribution is 0.432. The molecule has 7 heteroatoms. The summed E-state index contributed by atoms with van der Waals surface area (Å²) < 4.78 is 18.6. The van der Waals surface area contributed by atoms with Gasteiger partial charge in [-0.3, -0.25) is 5.10 Å². The lowest BCUT2D eigenvalue weighted by Gasteiger charge is -1.94. The van der Waals surface area contributed by atoms with Crippen molar-refractivity contribution in [3.63, 3.8) is 0 Å². The van der Waals surface area contributed by atoms with E-state index in [-0.39, 0.29) is 23.0 Å². The first-order valence-electron chi connectivity index (χ1n) is 5.32. The summed E-state index contributed by atoms with van der Waals surface area (Å²) in [5.74, 6) is -0.204. The highest BCUT2D eigenvalue weighted by atomic mass is 19.1. The minimum Gasteiger partial charge on any atom is -0.333 e. The van der Waals surface area contributed by atoms with Crippen molar-refractivity contribution >= 4 is 0 Å². The van der Waals surface area contributed by atoms with Gasteiger partial charge in [-0.2, -0.15) is 15.3 Å². The molecule has 0 amide bonds. The normalized spacial score (nSPS) is 10.3. The van der Waals surface area contributed by atoms with E-state index in [1.807, 2.05) is 6.07 Å². The van der Waals surface area contributed by atoms with Crippen molar-refractivity contribution in [2.24, 2.45) is 0 Å². The lowest BCUT2D eigenvalue weighted by Crippen LogP contribution is -1.86. The Balaban J connectivity index is 2.06. The number of hydrogen-bond donors (Lipinski definition) is 1. The van der Waals surface area contributed by atoms with Crippen LogP contribution in [0.3, 0.4) is 0 Å². The van der Waals surface area contributed by atoms with E-state index in [1.54, 1.807) is 18.2 Å². The maximum absolute atomic E-state index is 13.6. The highest BCUT2D eigenvalue weighted by molar-refractivity contribution is 5.63. The Morgan fingerprint density at radius 2 is 2.11 bits per heavy atom. The van der Waals surface area contributed by atoms with Gasteiger partial charge in [-0.05, 0) is 12.1 Å². The van der Waals surface area contributed by atoms with E-state index < -0.39 is 5.82 Å². The molecular formula is C12H6FN5O. The van der Waals surface area contributed by atoms with Crippen LogP contribution in [0.2, 0.25) is 0 Å². The molecule has 0 saturated heterocycles. The predicted octanol–water partition coefficient (Wildman–Crippen LogP) is 2.14. The summed E-state index contributed by atoms with van der Waals surface area (Å²) in [7, 11) is 0. The van der Waals surface area contributed by atoms with Crippen molar-refractivity contribution in [1.29, 1.82) is 5.26 Å². The quantitative estimate of drug-likeness (QED) is 0.757. The number of aromatic nitrogens is 4. The third kappa shape index (κ3) is 1.85. The van der Waals surface area contributed by atoms with E-state index in [9.17, 15) is 4.39 Å². The Kier molecular flexibility index (Phi) is 2.54. The number of halogens is 1. The molecule has 2 heterocycles. The third-order valence-electron chi connectivity index (χ3n) is 2.52. The fourth-order valence-corrected chi connectivity index (χ4v) is 1.62. The maximum atomic E-state index is 13.6. The largest absolute Gasteiger partial charge is 0.333 e. The Bertz CT molecular complexity index is 754. The highest BCUT2D eigenvalue weighted by Gasteiger charge is 2.17. The molecule has 3 rings (SSSR count). The minimum atomic E-state index is -0.442. The molecule has 19 heavy (non-hydrogen) atoms. The molecule has 0 spiro atoms. The van der Waals surface area contributed by atoms with E-state index >= 15 is 0 Å². The standard InChI is InChI=1S/C12H6FN5O/c13-9-4-2-1-3-7(9)11-16-12(19-18-11)8-6-15-17-10(8)5-14/h1-4,6H,(H,15,17). The summed E-state index contributed by atoms with van der Waals surface area (Å²) in [5.41, 5.74) is 0.834. The molecule has 0 aliphatic heterocycles. The summed E-state index contributed by atoms with van der Waals surface area (Å²) in [6.45, 7) is 0. The molecule has 0 aliphatic carbocycles. The molecule has 3 aromatic rings. The number of aromatic amines is 1. The zero-order valence-corrected chi connectivity index (χ0v) is 9.46. The van der Waals surface area contributed by atoms with Crippen LogP contribution < -0.4 is 0 Å². The number of rotatable bonds is 2. The van der Waals surface area contributed by atoms with Crippen molar-refractivity contribution in [1.82, 2.24) is 20.3 Å². The van der Waals surface area contributed by atoms with Crippen LogP contribution in [0.1, 0.15) is 5.69 Å². The predicted molar refractivity (Wildman–Crippen MR) is 62.0 cm³/mol. The maximum Gasteiger partial charge on any atom is 0.262 e. The van der Waals surface area contributed by atoms with Gasteiger partial charge in [-0.15, -0.1) is 0 Å². The van der Waals surface area contributed by atoms with Gasteiger partial charge in [-0.1, -0.05) is 17.3 Å².